The summed E-state index contributed by atoms with van der Waals surface area (Å²) in [5.74, 6) is 0.601. The predicted octanol–water partition coefficient (Wildman–Crippen LogP) is 3.26. The van der Waals surface area contributed by atoms with Crippen molar-refractivity contribution >= 4 is 23.2 Å². The topological polar surface area (TPSA) is 93.4 Å². The van der Waals surface area contributed by atoms with Gasteiger partial charge in [0, 0.05) is 23.0 Å². The molecule has 0 aliphatic rings. The normalized spacial score (nSPS) is 10.4. The molecule has 4 N–H and O–H groups in total. The highest BCUT2D eigenvalue weighted by Gasteiger charge is 2.06. The number of nitrogens with two attached hydrogens (primary N) is 1. The number of rotatable bonds is 9. The average molecular weight is 355 g/mol. The van der Waals surface area contributed by atoms with Gasteiger partial charge in [0.05, 0.1) is 13.2 Å². The van der Waals surface area contributed by atoms with E-state index in [-0.39, 0.29) is 12.5 Å². The summed E-state index contributed by atoms with van der Waals surface area (Å²) < 4.78 is 5.71. The molecule has 0 atom stereocenters. The molecule has 6 nitrogen and oxygen atoms in total. The van der Waals surface area contributed by atoms with Crippen LogP contribution in [-0.2, 0) is 4.79 Å². The van der Waals surface area contributed by atoms with Crippen molar-refractivity contribution in [2.75, 3.05) is 23.8 Å². The monoisotopic (exact) mass is 355 g/mol. The zero-order valence-electron chi connectivity index (χ0n) is 15.1. The van der Waals surface area contributed by atoms with E-state index < -0.39 is 5.91 Å². The van der Waals surface area contributed by atoms with Crippen molar-refractivity contribution in [2.45, 2.75) is 20.3 Å². The Morgan fingerprint density at radius 3 is 2.54 bits per heavy atom. The number of ether oxygens (including phenoxy) is 1. The Hall–Kier alpha value is -3.02. The maximum absolute atomic E-state index is 12.1. The third-order valence-corrected chi connectivity index (χ3v) is 3.68. The average Bonchev–Trinajstić information content (AvgIpc) is 2.60. The highest BCUT2D eigenvalue weighted by atomic mass is 16.5. The molecule has 0 spiro atoms. The first-order valence-corrected chi connectivity index (χ1v) is 8.60. The summed E-state index contributed by atoms with van der Waals surface area (Å²) in [5, 5.41) is 5.79. The number of primary amides is 1. The van der Waals surface area contributed by atoms with E-state index in [9.17, 15) is 9.59 Å². The molecule has 0 fully saturated rings. The van der Waals surface area contributed by atoms with Crippen molar-refractivity contribution < 1.29 is 14.3 Å². The fraction of sp³-hybridized carbons (Fsp3) is 0.300. The largest absolute Gasteiger partial charge is 0.494 e. The van der Waals surface area contributed by atoms with Gasteiger partial charge in [0.2, 0.25) is 11.8 Å². The highest BCUT2D eigenvalue weighted by Crippen LogP contribution is 2.18. The Kier molecular flexibility index (Phi) is 7.02. The van der Waals surface area contributed by atoms with E-state index in [1.807, 2.05) is 24.3 Å². The Labute approximate surface area is 153 Å². The van der Waals surface area contributed by atoms with E-state index in [2.05, 4.69) is 24.5 Å². The molecule has 2 aromatic rings. The molecule has 2 rings (SSSR count). The van der Waals surface area contributed by atoms with Crippen molar-refractivity contribution in [2.24, 2.45) is 11.7 Å². The second kappa shape index (κ2) is 9.46. The third kappa shape index (κ3) is 6.47. The molecule has 0 saturated heterocycles. The summed E-state index contributed by atoms with van der Waals surface area (Å²) in [5.41, 5.74) is 6.91. The minimum absolute atomic E-state index is 0.0935. The maximum atomic E-state index is 12.1. The lowest BCUT2D eigenvalue weighted by Gasteiger charge is -2.11. The van der Waals surface area contributed by atoms with Crippen molar-refractivity contribution in [3.63, 3.8) is 0 Å². The summed E-state index contributed by atoms with van der Waals surface area (Å²) in [6.45, 7) is 5.06. The summed E-state index contributed by atoms with van der Waals surface area (Å²) >= 11 is 0. The smallest absolute Gasteiger partial charge is 0.248 e. The molecule has 0 aromatic heterocycles. The minimum atomic E-state index is -0.534. The van der Waals surface area contributed by atoms with Crippen molar-refractivity contribution in [1.29, 1.82) is 0 Å². The van der Waals surface area contributed by atoms with Crippen molar-refractivity contribution in [3.8, 4) is 5.75 Å². The predicted molar refractivity (Wildman–Crippen MR) is 103 cm³/mol. The summed E-state index contributed by atoms with van der Waals surface area (Å²) in [6.07, 6.45) is 0.991. The molecule has 2 aromatic carbocycles. The summed E-state index contributed by atoms with van der Waals surface area (Å²) in [4.78, 5) is 23.3. The van der Waals surface area contributed by atoms with Crippen LogP contribution in [0.5, 0.6) is 5.75 Å². The number of carbonyl (C=O) groups is 2. The number of benzene rings is 2. The van der Waals surface area contributed by atoms with Gasteiger partial charge in [-0.1, -0.05) is 26.0 Å². The van der Waals surface area contributed by atoms with Crippen molar-refractivity contribution in [3.05, 3.63) is 54.1 Å². The van der Waals surface area contributed by atoms with E-state index in [1.54, 1.807) is 24.3 Å². The second-order valence-electron chi connectivity index (χ2n) is 6.41. The first-order chi connectivity index (χ1) is 12.4. The molecule has 0 radical (unpaired) electrons. The standard InChI is InChI=1S/C20H25N3O3/c1-14(2)9-10-26-18-8-4-6-16(12-18)22-13-19(24)23-17-7-3-5-15(11-17)20(21)25/h3-8,11-12,14,22H,9-10,13H2,1-2H3,(H2,21,25)(H,23,24). The minimum Gasteiger partial charge on any atom is -0.494 e. The van der Waals surface area contributed by atoms with E-state index in [0.717, 1.165) is 17.9 Å². The van der Waals surface area contributed by atoms with Crippen LogP contribution >= 0.6 is 0 Å². The molecule has 138 valence electrons. The molecular weight excluding hydrogens is 330 g/mol. The molecule has 0 unspecified atom stereocenters. The van der Waals surface area contributed by atoms with Crippen LogP contribution in [0.15, 0.2) is 48.5 Å². The molecule has 6 heteroatoms. The number of amides is 2. The maximum Gasteiger partial charge on any atom is 0.248 e. The molecule has 0 saturated carbocycles. The van der Waals surface area contributed by atoms with Gasteiger partial charge in [-0.25, -0.2) is 0 Å². The number of nitrogens with one attached hydrogen (secondary N) is 2. The van der Waals surface area contributed by atoms with Crippen molar-refractivity contribution in [1.82, 2.24) is 0 Å². The van der Waals surface area contributed by atoms with Crippen LogP contribution in [0.4, 0.5) is 11.4 Å². The second-order valence-corrected chi connectivity index (χ2v) is 6.41. The number of anilines is 2. The molecule has 2 amide bonds. The van der Waals surface area contributed by atoms with E-state index in [0.29, 0.717) is 23.8 Å². The van der Waals surface area contributed by atoms with Crippen LogP contribution < -0.4 is 21.1 Å². The van der Waals surface area contributed by atoms with Crippen LogP contribution in [0.2, 0.25) is 0 Å². The van der Waals surface area contributed by atoms with Gasteiger partial charge >= 0.3 is 0 Å². The third-order valence-electron chi connectivity index (χ3n) is 3.68. The SMILES string of the molecule is CC(C)CCOc1cccc(NCC(=O)Nc2cccc(C(N)=O)c2)c1. The van der Waals surface area contributed by atoms with Gasteiger partial charge < -0.3 is 21.1 Å². The Morgan fingerprint density at radius 2 is 1.81 bits per heavy atom. The fourth-order valence-electron chi connectivity index (χ4n) is 2.25. The molecule has 0 bridgehead atoms. The number of hydrogen-bond acceptors (Lipinski definition) is 4. The van der Waals surface area contributed by atoms with Crippen LogP contribution in [-0.4, -0.2) is 25.0 Å². The number of hydrogen-bond donors (Lipinski definition) is 3. The van der Waals surface area contributed by atoms with Gasteiger partial charge in [0.15, 0.2) is 0 Å². The van der Waals surface area contributed by atoms with Gasteiger partial charge in [-0.05, 0) is 42.7 Å². The molecule has 0 heterocycles. The zero-order valence-corrected chi connectivity index (χ0v) is 15.1. The first-order valence-electron chi connectivity index (χ1n) is 8.60. The van der Waals surface area contributed by atoms with Gasteiger partial charge in [0.25, 0.3) is 0 Å². The van der Waals surface area contributed by atoms with E-state index >= 15 is 0 Å². The lowest BCUT2D eigenvalue weighted by atomic mass is 10.1. The lowest BCUT2D eigenvalue weighted by molar-refractivity contribution is -0.114. The quantitative estimate of drug-likeness (QED) is 0.643. The molecule has 26 heavy (non-hydrogen) atoms. The van der Waals surface area contributed by atoms with E-state index in [4.69, 9.17) is 10.5 Å². The van der Waals surface area contributed by atoms with Crippen LogP contribution in [0.3, 0.4) is 0 Å². The van der Waals surface area contributed by atoms with Crippen LogP contribution in [0, 0.1) is 5.92 Å². The summed E-state index contributed by atoms with van der Waals surface area (Å²) in [7, 11) is 0. The van der Waals surface area contributed by atoms with Gasteiger partial charge in [-0.15, -0.1) is 0 Å². The molecule has 0 aliphatic carbocycles. The Balaban J connectivity index is 1.85. The number of carbonyl (C=O) groups excluding carboxylic acids is 2. The Morgan fingerprint density at radius 1 is 1.08 bits per heavy atom. The Bertz CT molecular complexity index is 759. The summed E-state index contributed by atoms with van der Waals surface area (Å²) in [6, 6.07) is 14.0. The highest BCUT2D eigenvalue weighted by molar-refractivity contribution is 5.97. The van der Waals surface area contributed by atoms with Gasteiger partial charge in [-0.3, -0.25) is 9.59 Å². The van der Waals surface area contributed by atoms with Crippen LogP contribution in [0.25, 0.3) is 0 Å². The van der Waals surface area contributed by atoms with Gasteiger partial charge in [0.1, 0.15) is 5.75 Å². The lowest BCUT2D eigenvalue weighted by Crippen LogP contribution is -2.22. The molecular formula is C20H25N3O3. The fourth-order valence-corrected chi connectivity index (χ4v) is 2.25. The van der Waals surface area contributed by atoms with E-state index in [1.165, 1.54) is 0 Å². The first kappa shape index (κ1) is 19.3. The zero-order chi connectivity index (χ0) is 18.9. The van der Waals surface area contributed by atoms with Crippen LogP contribution in [0.1, 0.15) is 30.6 Å². The molecule has 0 aliphatic heterocycles. The van der Waals surface area contributed by atoms with Gasteiger partial charge in [-0.2, -0.15) is 0 Å².